The molecule has 0 fully saturated rings. The zero-order chi connectivity index (χ0) is 12.8. The highest BCUT2D eigenvalue weighted by atomic mass is 16.3. The Morgan fingerprint density at radius 1 is 1.06 bits per heavy atom. The van der Waals surface area contributed by atoms with E-state index >= 15 is 0 Å². The third kappa shape index (κ3) is 5.11. The molecule has 0 aliphatic carbocycles. The highest BCUT2D eigenvalue weighted by Gasteiger charge is 2.27. The smallest absolute Gasteiger partial charge is 0.135 e. The standard InChI is InChI=1S/C14H28O2/c1-6-13(4,12(3)15)10-8-9-11-14(5,16)7-2/h16H,6-11H2,1-5H3/t13-,14+/m0/s1. The van der Waals surface area contributed by atoms with Crippen molar-refractivity contribution in [2.24, 2.45) is 5.41 Å². The Morgan fingerprint density at radius 3 is 1.94 bits per heavy atom. The Morgan fingerprint density at radius 2 is 1.56 bits per heavy atom. The van der Waals surface area contributed by atoms with Gasteiger partial charge >= 0.3 is 0 Å². The number of hydrogen-bond donors (Lipinski definition) is 1. The lowest BCUT2D eigenvalue weighted by Crippen LogP contribution is -2.25. The van der Waals surface area contributed by atoms with E-state index in [0.717, 1.165) is 38.5 Å². The summed E-state index contributed by atoms with van der Waals surface area (Å²) in [7, 11) is 0. The van der Waals surface area contributed by atoms with Crippen molar-refractivity contribution < 1.29 is 9.90 Å². The Bertz CT molecular complexity index is 221. The van der Waals surface area contributed by atoms with E-state index in [2.05, 4.69) is 6.92 Å². The van der Waals surface area contributed by atoms with Crippen LogP contribution in [0, 0.1) is 5.41 Å². The molecule has 0 bridgehead atoms. The second kappa shape index (κ2) is 6.39. The van der Waals surface area contributed by atoms with Crippen LogP contribution >= 0.6 is 0 Å². The number of ketones is 1. The van der Waals surface area contributed by atoms with Crippen LogP contribution in [0.15, 0.2) is 0 Å². The monoisotopic (exact) mass is 228 g/mol. The number of aliphatic hydroxyl groups is 1. The van der Waals surface area contributed by atoms with Gasteiger partial charge in [0.15, 0.2) is 0 Å². The molecule has 0 rings (SSSR count). The van der Waals surface area contributed by atoms with Gasteiger partial charge in [-0.05, 0) is 39.5 Å². The summed E-state index contributed by atoms with van der Waals surface area (Å²) in [6, 6.07) is 0. The Hall–Kier alpha value is -0.370. The Labute approximate surface area is 100 Å². The normalized spacial score (nSPS) is 18.9. The number of carbonyl (C=O) groups excluding carboxylic acids is 1. The van der Waals surface area contributed by atoms with Gasteiger partial charge in [0, 0.05) is 5.41 Å². The van der Waals surface area contributed by atoms with E-state index in [1.165, 1.54) is 0 Å². The van der Waals surface area contributed by atoms with Crippen LogP contribution in [0.5, 0.6) is 0 Å². The molecule has 16 heavy (non-hydrogen) atoms. The molecule has 0 heterocycles. The molecule has 2 heteroatoms. The zero-order valence-electron chi connectivity index (χ0n) is 11.6. The zero-order valence-corrected chi connectivity index (χ0v) is 11.6. The van der Waals surface area contributed by atoms with Crippen LogP contribution in [0.4, 0.5) is 0 Å². The maximum Gasteiger partial charge on any atom is 0.135 e. The van der Waals surface area contributed by atoms with Gasteiger partial charge < -0.3 is 5.11 Å². The van der Waals surface area contributed by atoms with Crippen molar-refractivity contribution in [2.45, 2.75) is 78.7 Å². The van der Waals surface area contributed by atoms with Crippen molar-refractivity contribution in [1.82, 2.24) is 0 Å². The SMILES string of the molecule is CC[C@@](C)(O)CCCC[C@](C)(CC)C(C)=O. The molecule has 0 aromatic heterocycles. The molecule has 0 saturated carbocycles. The highest BCUT2D eigenvalue weighted by molar-refractivity contribution is 5.81. The second-order valence-corrected chi connectivity index (χ2v) is 5.53. The third-order valence-electron chi connectivity index (χ3n) is 4.09. The molecule has 0 spiro atoms. The van der Waals surface area contributed by atoms with Gasteiger partial charge in [-0.1, -0.05) is 33.6 Å². The van der Waals surface area contributed by atoms with Crippen molar-refractivity contribution in [2.75, 3.05) is 0 Å². The van der Waals surface area contributed by atoms with Gasteiger partial charge in [-0.15, -0.1) is 0 Å². The molecule has 96 valence electrons. The van der Waals surface area contributed by atoms with Crippen molar-refractivity contribution >= 4 is 5.78 Å². The summed E-state index contributed by atoms with van der Waals surface area (Å²) in [6.07, 6.45) is 5.51. The molecule has 0 aliphatic heterocycles. The minimum Gasteiger partial charge on any atom is -0.390 e. The van der Waals surface area contributed by atoms with Gasteiger partial charge in [0.05, 0.1) is 5.60 Å². The molecular formula is C14H28O2. The lowest BCUT2D eigenvalue weighted by Gasteiger charge is -2.26. The summed E-state index contributed by atoms with van der Waals surface area (Å²) in [5.74, 6) is 0.289. The second-order valence-electron chi connectivity index (χ2n) is 5.53. The first-order valence-electron chi connectivity index (χ1n) is 6.51. The molecule has 1 N–H and O–H groups in total. The fraction of sp³-hybridized carbons (Fsp3) is 0.929. The summed E-state index contributed by atoms with van der Waals surface area (Å²) in [5, 5.41) is 9.85. The lowest BCUT2D eigenvalue weighted by molar-refractivity contribution is -0.126. The Kier molecular flexibility index (Phi) is 6.24. The van der Waals surface area contributed by atoms with Crippen LogP contribution in [0.1, 0.15) is 73.1 Å². The van der Waals surface area contributed by atoms with Gasteiger partial charge in [-0.2, -0.15) is 0 Å². The van der Waals surface area contributed by atoms with Crippen molar-refractivity contribution in [3.05, 3.63) is 0 Å². The van der Waals surface area contributed by atoms with Crippen LogP contribution in [0.3, 0.4) is 0 Å². The maximum absolute atomic E-state index is 11.5. The molecule has 0 saturated heterocycles. The van der Waals surface area contributed by atoms with Gasteiger partial charge in [0.25, 0.3) is 0 Å². The van der Waals surface area contributed by atoms with Crippen molar-refractivity contribution in [3.8, 4) is 0 Å². The van der Waals surface area contributed by atoms with Crippen LogP contribution in [-0.2, 0) is 4.79 Å². The average molecular weight is 228 g/mol. The summed E-state index contributed by atoms with van der Waals surface area (Å²) >= 11 is 0. The van der Waals surface area contributed by atoms with E-state index in [1.54, 1.807) is 6.92 Å². The topological polar surface area (TPSA) is 37.3 Å². The largest absolute Gasteiger partial charge is 0.390 e. The predicted molar refractivity (Wildman–Crippen MR) is 68.5 cm³/mol. The van der Waals surface area contributed by atoms with E-state index in [4.69, 9.17) is 0 Å². The number of unbranched alkanes of at least 4 members (excludes halogenated alkanes) is 1. The van der Waals surface area contributed by atoms with E-state index in [0.29, 0.717) is 0 Å². The molecule has 2 nitrogen and oxygen atoms in total. The number of Topliss-reactive ketones (excluding diaryl/α,β-unsaturated/α-hetero) is 1. The third-order valence-corrected chi connectivity index (χ3v) is 4.09. The number of hydrogen-bond acceptors (Lipinski definition) is 2. The number of rotatable bonds is 8. The number of carbonyl (C=O) groups is 1. The summed E-state index contributed by atoms with van der Waals surface area (Å²) < 4.78 is 0. The fourth-order valence-corrected chi connectivity index (χ4v) is 1.80. The van der Waals surface area contributed by atoms with Gasteiger partial charge in [0.1, 0.15) is 5.78 Å². The molecule has 0 aromatic rings. The molecular weight excluding hydrogens is 200 g/mol. The van der Waals surface area contributed by atoms with Crippen LogP contribution in [-0.4, -0.2) is 16.5 Å². The molecule has 0 aliphatic rings. The first-order valence-corrected chi connectivity index (χ1v) is 6.51. The summed E-state index contributed by atoms with van der Waals surface area (Å²) in [4.78, 5) is 11.5. The minimum atomic E-state index is -0.529. The summed E-state index contributed by atoms with van der Waals surface area (Å²) in [5.41, 5.74) is -0.684. The van der Waals surface area contributed by atoms with Crippen LogP contribution in [0.25, 0.3) is 0 Å². The van der Waals surface area contributed by atoms with Gasteiger partial charge in [-0.25, -0.2) is 0 Å². The highest BCUT2D eigenvalue weighted by Crippen LogP contribution is 2.30. The molecule has 0 aromatic carbocycles. The van der Waals surface area contributed by atoms with E-state index in [9.17, 15) is 9.90 Å². The van der Waals surface area contributed by atoms with E-state index in [1.807, 2.05) is 20.8 Å². The minimum absolute atomic E-state index is 0.155. The maximum atomic E-state index is 11.5. The Balaban J connectivity index is 3.94. The van der Waals surface area contributed by atoms with Gasteiger partial charge in [0.2, 0.25) is 0 Å². The molecule has 2 atom stereocenters. The van der Waals surface area contributed by atoms with E-state index < -0.39 is 5.60 Å². The van der Waals surface area contributed by atoms with Gasteiger partial charge in [-0.3, -0.25) is 4.79 Å². The summed E-state index contributed by atoms with van der Waals surface area (Å²) in [6.45, 7) is 9.70. The predicted octanol–water partition coefficient (Wildman–Crippen LogP) is 3.71. The fourth-order valence-electron chi connectivity index (χ4n) is 1.80. The first-order chi connectivity index (χ1) is 7.27. The van der Waals surface area contributed by atoms with Crippen LogP contribution in [0.2, 0.25) is 0 Å². The first kappa shape index (κ1) is 15.6. The van der Waals surface area contributed by atoms with Crippen LogP contribution < -0.4 is 0 Å². The quantitative estimate of drug-likeness (QED) is 0.643. The van der Waals surface area contributed by atoms with Crippen molar-refractivity contribution in [3.63, 3.8) is 0 Å². The molecule has 0 radical (unpaired) electrons. The molecule has 0 unspecified atom stereocenters. The molecule has 0 amide bonds. The average Bonchev–Trinajstić information content (AvgIpc) is 2.24. The van der Waals surface area contributed by atoms with Crippen molar-refractivity contribution in [1.29, 1.82) is 0 Å². The lowest BCUT2D eigenvalue weighted by atomic mass is 9.78. The van der Waals surface area contributed by atoms with E-state index in [-0.39, 0.29) is 11.2 Å².